The van der Waals surface area contributed by atoms with Gasteiger partial charge in [0, 0.05) is 24.4 Å². The molecule has 0 fully saturated rings. The van der Waals surface area contributed by atoms with Crippen LogP contribution in [0.25, 0.3) is 17.1 Å². The van der Waals surface area contributed by atoms with E-state index < -0.39 is 6.10 Å². The summed E-state index contributed by atoms with van der Waals surface area (Å²) in [5.74, 6) is 0.718. The highest BCUT2D eigenvalue weighted by Gasteiger charge is 2.16. The maximum absolute atomic E-state index is 10.0. The quantitative estimate of drug-likeness (QED) is 0.305. The first-order valence-electron chi connectivity index (χ1n) is 11.0. The summed E-state index contributed by atoms with van der Waals surface area (Å²) >= 11 is 0. The zero-order valence-corrected chi connectivity index (χ0v) is 18.8. The van der Waals surface area contributed by atoms with Crippen molar-refractivity contribution in [2.75, 3.05) is 31.7 Å². The number of aryl methyl sites for hydroxylation is 1. The molecular formula is C25H32N4O3. The molecule has 3 aromatic rings. The van der Waals surface area contributed by atoms with Crippen LogP contribution in [0, 0.1) is 6.92 Å². The number of hydrogen-bond donors (Lipinski definition) is 2. The topological polar surface area (TPSA) is 81.4 Å². The zero-order chi connectivity index (χ0) is 22.8. The Bertz CT molecular complexity index is 985. The van der Waals surface area contributed by atoms with Crippen molar-refractivity contribution in [3.05, 3.63) is 66.7 Å². The van der Waals surface area contributed by atoms with Gasteiger partial charge in [0.1, 0.15) is 6.61 Å². The summed E-state index contributed by atoms with van der Waals surface area (Å²) in [7, 11) is 0. The molecule has 0 aliphatic heterocycles. The van der Waals surface area contributed by atoms with E-state index in [0.29, 0.717) is 38.8 Å². The van der Waals surface area contributed by atoms with Crippen LogP contribution in [0.4, 0.5) is 5.69 Å². The normalized spacial score (nSPS) is 11.8. The van der Waals surface area contributed by atoms with E-state index in [9.17, 15) is 5.11 Å². The van der Waals surface area contributed by atoms with Crippen molar-refractivity contribution in [3.63, 3.8) is 0 Å². The van der Waals surface area contributed by atoms with Gasteiger partial charge in [0.25, 0.3) is 0 Å². The Morgan fingerprint density at radius 3 is 2.66 bits per heavy atom. The molecule has 2 N–H and O–H groups in total. The predicted octanol–water partition coefficient (Wildman–Crippen LogP) is 4.40. The fourth-order valence-electron chi connectivity index (χ4n) is 3.24. The van der Waals surface area contributed by atoms with Crippen LogP contribution in [0.2, 0.25) is 0 Å². The van der Waals surface area contributed by atoms with E-state index >= 15 is 0 Å². The largest absolute Gasteiger partial charge is 0.460 e. The van der Waals surface area contributed by atoms with E-state index in [2.05, 4.69) is 35.0 Å². The molecule has 32 heavy (non-hydrogen) atoms. The van der Waals surface area contributed by atoms with Crippen molar-refractivity contribution in [2.24, 2.45) is 0 Å². The number of allylic oxidation sites excluding steroid dienone is 1. The SMILES string of the molecule is C=CCC[C@@H](O)CNc1ccc(-n2nc(OCCOCC)nc2-c2ccccc2C)cc1. The van der Waals surface area contributed by atoms with Gasteiger partial charge in [-0.05, 0) is 56.5 Å². The number of ether oxygens (including phenoxy) is 2. The van der Waals surface area contributed by atoms with Crippen LogP contribution in [-0.2, 0) is 4.74 Å². The molecule has 0 amide bonds. The molecule has 0 spiro atoms. The standard InChI is InChI=1S/C25H32N4O3/c1-4-6-10-22(30)18-26-20-12-14-21(15-13-20)29-24(23-11-8-7-9-19(23)3)27-25(28-29)32-17-16-31-5-2/h4,7-9,11-15,22,26,30H,1,5-6,10,16-18H2,2-3H3/t22-/m1/s1. The Hall–Kier alpha value is -3.16. The van der Waals surface area contributed by atoms with Crippen molar-refractivity contribution in [3.8, 4) is 23.1 Å². The molecule has 0 saturated heterocycles. The number of rotatable bonds is 13. The summed E-state index contributed by atoms with van der Waals surface area (Å²) in [5.41, 5.74) is 3.89. The highest BCUT2D eigenvalue weighted by atomic mass is 16.5. The highest BCUT2D eigenvalue weighted by Crippen LogP contribution is 2.26. The molecule has 3 rings (SSSR count). The lowest BCUT2D eigenvalue weighted by Gasteiger charge is -2.13. The number of nitrogens with zero attached hydrogens (tertiary/aromatic N) is 3. The molecule has 0 aliphatic carbocycles. The van der Waals surface area contributed by atoms with Crippen LogP contribution >= 0.6 is 0 Å². The molecule has 7 nitrogen and oxygen atoms in total. The van der Waals surface area contributed by atoms with Gasteiger partial charge in [-0.25, -0.2) is 4.68 Å². The lowest BCUT2D eigenvalue weighted by molar-refractivity contribution is 0.106. The third-order valence-electron chi connectivity index (χ3n) is 4.99. The summed E-state index contributed by atoms with van der Waals surface area (Å²) in [6.45, 7) is 9.70. The molecule has 2 aromatic carbocycles. The van der Waals surface area contributed by atoms with Crippen LogP contribution in [0.5, 0.6) is 6.01 Å². The molecule has 0 bridgehead atoms. The Balaban J connectivity index is 1.79. The lowest BCUT2D eigenvalue weighted by atomic mass is 10.1. The molecule has 170 valence electrons. The van der Waals surface area contributed by atoms with E-state index in [4.69, 9.17) is 9.47 Å². The highest BCUT2D eigenvalue weighted by molar-refractivity contribution is 5.63. The molecule has 0 unspecified atom stereocenters. The number of hydrogen-bond acceptors (Lipinski definition) is 6. The van der Waals surface area contributed by atoms with Crippen LogP contribution in [0.1, 0.15) is 25.3 Å². The first-order chi connectivity index (χ1) is 15.6. The molecule has 0 radical (unpaired) electrons. The minimum Gasteiger partial charge on any atom is -0.460 e. The molecule has 1 aromatic heterocycles. The maximum atomic E-state index is 10.0. The Labute approximate surface area is 189 Å². The van der Waals surface area contributed by atoms with Crippen molar-refractivity contribution in [1.29, 1.82) is 0 Å². The predicted molar refractivity (Wildman–Crippen MR) is 127 cm³/mol. The molecule has 0 saturated carbocycles. The van der Waals surface area contributed by atoms with Crippen LogP contribution in [0.15, 0.2) is 61.2 Å². The van der Waals surface area contributed by atoms with E-state index in [0.717, 1.165) is 34.7 Å². The van der Waals surface area contributed by atoms with Gasteiger partial charge in [-0.3, -0.25) is 0 Å². The number of aliphatic hydroxyl groups excluding tert-OH is 1. The fourth-order valence-corrected chi connectivity index (χ4v) is 3.24. The van der Waals surface area contributed by atoms with Gasteiger partial charge in [0.15, 0.2) is 5.82 Å². The second-order valence-corrected chi connectivity index (χ2v) is 7.44. The van der Waals surface area contributed by atoms with Crippen molar-refractivity contribution >= 4 is 5.69 Å². The van der Waals surface area contributed by atoms with Gasteiger partial charge in [-0.1, -0.05) is 30.3 Å². The van der Waals surface area contributed by atoms with E-state index in [1.807, 2.05) is 55.5 Å². The minimum atomic E-state index is -0.410. The first-order valence-corrected chi connectivity index (χ1v) is 11.0. The summed E-state index contributed by atoms with van der Waals surface area (Å²) < 4.78 is 12.8. The Morgan fingerprint density at radius 2 is 1.94 bits per heavy atom. The second-order valence-electron chi connectivity index (χ2n) is 7.44. The number of aromatic nitrogens is 3. The number of nitrogens with one attached hydrogen (secondary N) is 1. The molecule has 1 atom stereocenters. The van der Waals surface area contributed by atoms with Crippen molar-refractivity contribution in [1.82, 2.24) is 14.8 Å². The Kier molecular flexibility index (Phi) is 8.83. The van der Waals surface area contributed by atoms with Gasteiger partial charge in [0.05, 0.1) is 18.4 Å². The maximum Gasteiger partial charge on any atom is 0.336 e. The average Bonchev–Trinajstić information content (AvgIpc) is 3.23. The second kappa shape index (κ2) is 12.0. The molecule has 7 heteroatoms. The number of aliphatic hydroxyl groups is 1. The number of benzene rings is 2. The van der Waals surface area contributed by atoms with E-state index in [1.165, 1.54) is 0 Å². The van der Waals surface area contributed by atoms with Crippen LogP contribution in [-0.4, -0.2) is 52.3 Å². The molecular weight excluding hydrogens is 404 g/mol. The van der Waals surface area contributed by atoms with Gasteiger partial charge in [-0.2, -0.15) is 4.98 Å². The first kappa shape index (κ1) is 23.5. The van der Waals surface area contributed by atoms with E-state index in [-0.39, 0.29) is 0 Å². The fraction of sp³-hybridized carbons (Fsp3) is 0.360. The minimum absolute atomic E-state index is 0.315. The number of anilines is 1. The third kappa shape index (κ3) is 6.42. The van der Waals surface area contributed by atoms with Gasteiger partial charge in [0.2, 0.25) is 0 Å². The third-order valence-corrected chi connectivity index (χ3v) is 4.99. The van der Waals surface area contributed by atoms with Crippen LogP contribution in [0.3, 0.4) is 0 Å². The van der Waals surface area contributed by atoms with Gasteiger partial charge < -0.3 is 19.9 Å². The summed E-state index contributed by atoms with van der Waals surface area (Å²) in [5, 5.41) is 17.9. The molecule has 1 heterocycles. The summed E-state index contributed by atoms with van der Waals surface area (Å²) in [4.78, 5) is 4.64. The monoisotopic (exact) mass is 436 g/mol. The molecule has 0 aliphatic rings. The zero-order valence-electron chi connectivity index (χ0n) is 18.8. The van der Waals surface area contributed by atoms with E-state index in [1.54, 1.807) is 4.68 Å². The van der Waals surface area contributed by atoms with Crippen molar-refractivity contribution in [2.45, 2.75) is 32.8 Å². The van der Waals surface area contributed by atoms with Crippen LogP contribution < -0.4 is 10.1 Å². The van der Waals surface area contributed by atoms with Gasteiger partial charge in [-0.15, -0.1) is 11.7 Å². The summed E-state index contributed by atoms with van der Waals surface area (Å²) in [6, 6.07) is 16.3. The smallest absolute Gasteiger partial charge is 0.336 e. The van der Waals surface area contributed by atoms with Gasteiger partial charge >= 0.3 is 6.01 Å². The van der Waals surface area contributed by atoms with Crippen molar-refractivity contribution < 1.29 is 14.6 Å². The lowest BCUT2D eigenvalue weighted by Crippen LogP contribution is -2.19. The Morgan fingerprint density at radius 1 is 1.16 bits per heavy atom. The summed E-state index contributed by atoms with van der Waals surface area (Å²) in [6.07, 6.45) is 2.90. The average molecular weight is 437 g/mol.